The van der Waals surface area contributed by atoms with E-state index in [4.69, 9.17) is 9.47 Å². The van der Waals surface area contributed by atoms with Crippen molar-refractivity contribution in [3.05, 3.63) is 0 Å². The van der Waals surface area contributed by atoms with Gasteiger partial charge in [0.2, 0.25) is 5.91 Å². The maximum Gasteiger partial charge on any atom is 0.436 e. The van der Waals surface area contributed by atoms with E-state index < -0.39 is 35.3 Å². The number of ether oxygens (including phenoxy) is 2. The van der Waals surface area contributed by atoms with Gasteiger partial charge in [-0.15, -0.1) is 0 Å². The molecule has 0 heterocycles. The van der Waals surface area contributed by atoms with Crippen LogP contribution in [0.5, 0.6) is 0 Å². The highest BCUT2D eigenvalue weighted by Crippen LogP contribution is 2.09. The highest BCUT2D eigenvalue weighted by atomic mass is 32.2. The second kappa shape index (κ2) is 8.91. The summed E-state index contributed by atoms with van der Waals surface area (Å²) in [7, 11) is 0. The number of carbonyl (C=O) groups excluding carboxylic acids is 3. The quantitative estimate of drug-likeness (QED) is 0.578. The molecule has 0 radical (unpaired) electrons. The lowest BCUT2D eigenvalue weighted by Crippen LogP contribution is -2.47. The van der Waals surface area contributed by atoms with Gasteiger partial charge in [0, 0.05) is 0 Å². The van der Waals surface area contributed by atoms with E-state index in [9.17, 15) is 14.4 Å². The molecule has 138 valence electrons. The van der Waals surface area contributed by atoms with Gasteiger partial charge >= 0.3 is 12.2 Å². The fourth-order valence-corrected chi connectivity index (χ4v) is 1.62. The van der Waals surface area contributed by atoms with Crippen molar-refractivity contribution < 1.29 is 23.9 Å². The van der Waals surface area contributed by atoms with E-state index >= 15 is 0 Å². The third kappa shape index (κ3) is 10.9. The Hall–Kier alpha value is -1.77. The lowest BCUT2D eigenvalue weighted by Gasteiger charge is -2.21. The van der Waals surface area contributed by atoms with Crippen LogP contribution in [0.4, 0.5) is 9.59 Å². The molecule has 0 bridgehead atoms. The standard InChI is InChI=1S/C15H27N3O5S/c1-9(16-12(20)22-14(2,3)4)10(19)17-11(24-8)18-13(21)23-15(5,6)7/h9H,1-8H3,(H,16,20)(H,17,18,19,21)/t9-/m0/s1. The molecular formula is C15H27N3O5S. The van der Waals surface area contributed by atoms with Crippen molar-refractivity contribution in [3.63, 3.8) is 0 Å². The third-order valence-electron chi connectivity index (χ3n) is 2.14. The second-order valence-electron chi connectivity index (χ2n) is 6.96. The van der Waals surface area contributed by atoms with Crippen molar-refractivity contribution in [2.75, 3.05) is 6.26 Å². The Kier molecular flexibility index (Phi) is 8.25. The van der Waals surface area contributed by atoms with Crippen molar-refractivity contribution in [2.24, 2.45) is 4.99 Å². The third-order valence-corrected chi connectivity index (χ3v) is 2.72. The number of thioether (sulfide) groups is 1. The zero-order valence-electron chi connectivity index (χ0n) is 15.5. The predicted octanol–water partition coefficient (Wildman–Crippen LogP) is 2.67. The number of amidine groups is 1. The van der Waals surface area contributed by atoms with Crippen molar-refractivity contribution in [1.29, 1.82) is 0 Å². The van der Waals surface area contributed by atoms with E-state index in [-0.39, 0.29) is 5.17 Å². The average molecular weight is 361 g/mol. The summed E-state index contributed by atoms with van der Waals surface area (Å²) in [5, 5.41) is 4.93. The van der Waals surface area contributed by atoms with Crippen LogP contribution in [-0.4, -0.2) is 46.8 Å². The highest BCUT2D eigenvalue weighted by Gasteiger charge is 2.22. The lowest BCUT2D eigenvalue weighted by molar-refractivity contribution is -0.121. The Morgan fingerprint density at radius 2 is 1.50 bits per heavy atom. The van der Waals surface area contributed by atoms with Crippen LogP contribution >= 0.6 is 11.8 Å². The number of hydrogen-bond donors (Lipinski definition) is 2. The van der Waals surface area contributed by atoms with Crippen LogP contribution < -0.4 is 10.6 Å². The maximum atomic E-state index is 12.1. The fourth-order valence-electron chi connectivity index (χ4n) is 1.26. The molecule has 0 fully saturated rings. The first-order valence-corrected chi connectivity index (χ1v) is 8.62. The van der Waals surface area contributed by atoms with Crippen LogP contribution in [0.3, 0.4) is 0 Å². The summed E-state index contributed by atoms with van der Waals surface area (Å²) in [4.78, 5) is 39.0. The molecule has 0 spiro atoms. The number of alkyl carbamates (subject to hydrolysis) is 1. The normalized spacial score (nSPS) is 13.8. The molecular weight excluding hydrogens is 334 g/mol. The summed E-state index contributed by atoms with van der Waals surface area (Å²) >= 11 is 1.07. The summed E-state index contributed by atoms with van der Waals surface area (Å²) in [6, 6.07) is -0.865. The van der Waals surface area contributed by atoms with E-state index in [2.05, 4.69) is 15.6 Å². The monoisotopic (exact) mass is 361 g/mol. The largest absolute Gasteiger partial charge is 0.444 e. The van der Waals surface area contributed by atoms with Crippen LogP contribution in [-0.2, 0) is 14.3 Å². The van der Waals surface area contributed by atoms with E-state index in [1.807, 2.05) is 0 Å². The summed E-state index contributed by atoms with van der Waals surface area (Å²) in [5.41, 5.74) is -1.34. The molecule has 24 heavy (non-hydrogen) atoms. The van der Waals surface area contributed by atoms with Crippen LogP contribution in [0.15, 0.2) is 4.99 Å². The van der Waals surface area contributed by atoms with Crippen molar-refractivity contribution >= 4 is 35.0 Å². The zero-order valence-corrected chi connectivity index (χ0v) is 16.3. The number of amides is 3. The molecule has 2 N–H and O–H groups in total. The van der Waals surface area contributed by atoms with E-state index in [1.54, 1.807) is 47.8 Å². The minimum Gasteiger partial charge on any atom is -0.444 e. The molecule has 0 aromatic heterocycles. The van der Waals surface area contributed by atoms with Gasteiger partial charge in [-0.05, 0) is 54.7 Å². The molecule has 0 saturated heterocycles. The van der Waals surface area contributed by atoms with Gasteiger partial charge in [-0.3, -0.25) is 4.79 Å². The number of nitrogens with one attached hydrogen (secondary N) is 2. The molecule has 0 aliphatic carbocycles. The molecule has 9 heteroatoms. The predicted molar refractivity (Wildman–Crippen MR) is 94.2 cm³/mol. The second-order valence-corrected chi connectivity index (χ2v) is 7.75. The first-order chi connectivity index (χ1) is 10.7. The lowest BCUT2D eigenvalue weighted by atomic mass is 10.2. The first-order valence-electron chi connectivity index (χ1n) is 7.39. The average Bonchev–Trinajstić information content (AvgIpc) is 2.32. The molecule has 8 nitrogen and oxygen atoms in total. The first kappa shape index (κ1) is 22.2. The summed E-state index contributed by atoms with van der Waals surface area (Å²) in [6.45, 7) is 11.8. The molecule has 0 saturated carbocycles. The molecule has 0 aromatic rings. The Balaban J connectivity index is 4.70. The van der Waals surface area contributed by atoms with Crippen molar-refractivity contribution in [1.82, 2.24) is 10.6 Å². The van der Waals surface area contributed by atoms with Crippen LogP contribution in [0.25, 0.3) is 0 Å². The Morgan fingerprint density at radius 3 is 1.92 bits per heavy atom. The van der Waals surface area contributed by atoms with Gasteiger partial charge in [0.05, 0.1) is 0 Å². The van der Waals surface area contributed by atoms with Crippen LogP contribution in [0.1, 0.15) is 48.5 Å². The minimum absolute atomic E-state index is 0.0760. The van der Waals surface area contributed by atoms with Gasteiger partial charge in [0.1, 0.15) is 17.2 Å². The van der Waals surface area contributed by atoms with E-state index in [0.29, 0.717) is 0 Å². The van der Waals surface area contributed by atoms with E-state index in [0.717, 1.165) is 11.8 Å². The number of aliphatic imine (C=N–C) groups is 1. The van der Waals surface area contributed by atoms with Crippen LogP contribution in [0, 0.1) is 0 Å². The van der Waals surface area contributed by atoms with Crippen molar-refractivity contribution in [2.45, 2.75) is 65.7 Å². The topological polar surface area (TPSA) is 106 Å². The molecule has 1 atom stereocenters. The summed E-state index contributed by atoms with van der Waals surface area (Å²) in [6.07, 6.45) is 0.134. The van der Waals surface area contributed by atoms with Crippen LogP contribution in [0.2, 0.25) is 0 Å². The molecule has 0 aromatic carbocycles. The van der Waals surface area contributed by atoms with Gasteiger partial charge < -0.3 is 20.1 Å². The minimum atomic E-state index is -0.865. The Labute approximate surface area is 147 Å². The summed E-state index contributed by atoms with van der Waals surface area (Å²) < 4.78 is 10.1. The Bertz CT molecular complexity index is 506. The van der Waals surface area contributed by atoms with Gasteiger partial charge in [0.15, 0.2) is 5.17 Å². The number of hydrogen-bond acceptors (Lipinski definition) is 6. The maximum absolute atomic E-state index is 12.1. The van der Waals surface area contributed by atoms with Gasteiger partial charge in [-0.2, -0.15) is 4.99 Å². The van der Waals surface area contributed by atoms with Gasteiger partial charge in [-0.1, -0.05) is 11.8 Å². The number of carbonyl (C=O) groups is 3. The molecule has 3 amide bonds. The Morgan fingerprint density at radius 1 is 1.00 bits per heavy atom. The smallest absolute Gasteiger partial charge is 0.436 e. The number of rotatable bonds is 2. The fraction of sp³-hybridized carbons (Fsp3) is 0.733. The summed E-state index contributed by atoms with van der Waals surface area (Å²) in [5.74, 6) is -0.530. The molecule has 0 aliphatic rings. The van der Waals surface area contributed by atoms with E-state index in [1.165, 1.54) is 6.92 Å². The van der Waals surface area contributed by atoms with Gasteiger partial charge in [-0.25, -0.2) is 9.59 Å². The molecule has 0 rings (SSSR count). The van der Waals surface area contributed by atoms with Crippen molar-refractivity contribution in [3.8, 4) is 0 Å². The highest BCUT2D eigenvalue weighted by molar-refractivity contribution is 8.13. The molecule has 0 unspecified atom stereocenters. The molecule has 0 aliphatic heterocycles. The number of nitrogens with zero attached hydrogens (tertiary/aromatic N) is 1. The zero-order chi connectivity index (χ0) is 19.1. The SMILES string of the molecule is CSC(=NC(=O)OC(C)(C)C)NC(=O)[C@H](C)NC(=O)OC(C)(C)C. The van der Waals surface area contributed by atoms with Gasteiger partial charge in [0.25, 0.3) is 0 Å².